The molecule has 10 heteroatoms. The summed E-state index contributed by atoms with van der Waals surface area (Å²) in [6.45, 7) is 0.0962. The molecule has 0 aliphatic heterocycles. The highest BCUT2D eigenvalue weighted by Gasteiger charge is 2.35. The number of rotatable bonds is 6. The Morgan fingerprint density at radius 3 is 2.48 bits per heavy atom. The summed E-state index contributed by atoms with van der Waals surface area (Å²) in [5.41, 5.74) is -1.56. The Morgan fingerprint density at radius 2 is 1.88 bits per heavy atom. The van der Waals surface area contributed by atoms with Gasteiger partial charge in [0.25, 0.3) is 0 Å². The van der Waals surface area contributed by atoms with Crippen LogP contribution in [0.1, 0.15) is 5.69 Å². The second-order valence-corrected chi connectivity index (χ2v) is 8.60. The van der Waals surface area contributed by atoms with Crippen LogP contribution < -0.4 is 0 Å². The van der Waals surface area contributed by atoms with Gasteiger partial charge in [0, 0.05) is 6.20 Å². The fourth-order valence-corrected chi connectivity index (χ4v) is 2.71. The molecule has 2 aromatic rings. The molecule has 0 saturated heterocycles. The van der Waals surface area contributed by atoms with Gasteiger partial charge in [-0.05, 0) is 39.0 Å². The number of benzene rings is 1. The Bertz CT molecular complexity index is 748. The van der Waals surface area contributed by atoms with E-state index in [1.165, 1.54) is 6.07 Å². The van der Waals surface area contributed by atoms with Crippen molar-refractivity contribution in [3.8, 4) is 11.4 Å². The minimum atomic E-state index is -4.70. The van der Waals surface area contributed by atoms with Crippen LogP contribution in [0.5, 0.6) is 0 Å². The lowest BCUT2D eigenvalue weighted by Gasteiger charge is -2.09. The van der Waals surface area contributed by atoms with Crippen LogP contribution >= 0.6 is 15.9 Å². The lowest BCUT2D eigenvalue weighted by atomic mass is 10.2. The third kappa shape index (κ3) is 4.95. The normalized spacial score (nSPS) is 12.2. The van der Waals surface area contributed by atoms with Gasteiger partial charge in [0.2, 0.25) is 0 Å². The molecule has 0 atom stereocenters. The minimum Gasteiger partial charge on any atom is -0.356 e. The Labute approximate surface area is 152 Å². The van der Waals surface area contributed by atoms with Gasteiger partial charge in [-0.25, -0.2) is 13.8 Å². The molecule has 0 aliphatic rings. The van der Waals surface area contributed by atoms with Gasteiger partial charge in [0.1, 0.15) is 18.3 Å². The Balaban J connectivity index is 2.38. The van der Waals surface area contributed by atoms with E-state index in [1.54, 1.807) is 0 Å². The molecule has 1 aromatic heterocycles. The third-order valence-electron chi connectivity index (χ3n) is 3.21. The first-order chi connectivity index (χ1) is 11.6. The number of imidazole rings is 1. The average molecular weight is 446 g/mol. The first-order valence-electron chi connectivity index (χ1n) is 7.01. The summed E-state index contributed by atoms with van der Waals surface area (Å²) >= 11 is 2.83. The molecule has 0 unspecified atom stereocenters. The van der Waals surface area contributed by atoms with Crippen LogP contribution in [0, 0.1) is 11.6 Å². The Kier molecular flexibility index (Phi) is 6.50. The zero-order chi connectivity index (χ0) is 18.8. The van der Waals surface area contributed by atoms with Crippen molar-refractivity contribution in [3.05, 3.63) is 40.1 Å². The summed E-state index contributed by atoms with van der Waals surface area (Å²) in [6.07, 6.45) is 0.0393. The van der Waals surface area contributed by atoms with Crippen molar-refractivity contribution < 1.29 is 26.7 Å². The zero-order valence-electron chi connectivity index (χ0n) is 13.3. The first kappa shape index (κ1) is 20.2. The molecule has 0 amide bonds. The smallest absolute Gasteiger partial charge is 0.356 e. The molecule has 1 aromatic carbocycles. The van der Waals surface area contributed by atoms with E-state index in [0.717, 1.165) is 22.6 Å². The zero-order valence-corrected chi connectivity index (χ0v) is 15.7. The van der Waals surface area contributed by atoms with E-state index in [0.29, 0.717) is 6.61 Å². The molecule has 0 aliphatic carbocycles. The van der Waals surface area contributed by atoms with E-state index in [2.05, 4.69) is 20.9 Å². The highest BCUT2D eigenvalue weighted by molar-refractivity contribution is 9.10. The molecule has 138 valence electrons. The molecule has 1 heterocycles. The monoisotopic (exact) mass is 445 g/mol. The van der Waals surface area contributed by atoms with Crippen LogP contribution in [-0.2, 0) is 28.5 Å². The van der Waals surface area contributed by atoms with Crippen LogP contribution in [0.3, 0.4) is 0 Å². The number of halogens is 6. The summed E-state index contributed by atoms with van der Waals surface area (Å²) in [4.78, 5) is 3.43. The first-order valence-corrected chi connectivity index (χ1v) is 10.0. The van der Waals surface area contributed by atoms with Crippen molar-refractivity contribution in [2.45, 2.75) is 12.9 Å². The van der Waals surface area contributed by atoms with Gasteiger partial charge in [-0.2, -0.15) is 13.2 Å². The predicted octanol–water partition coefficient (Wildman–Crippen LogP) is 4.46. The number of nitrogens with zero attached hydrogens (tertiary/aromatic N) is 2. The van der Waals surface area contributed by atoms with E-state index in [9.17, 15) is 22.0 Å². The molecule has 25 heavy (non-hydrogen) atoms. The van der Waals surface area contributed by atoms with Crippen LogP contribution in [0.2, 0.25) is 0 Å². The van der Waals surface area contributed by atoms with Crippen LogP contribution in [0.25, 0.3) is 11.4 Å². The second kappa shape index (κ2) is 8.05. The standard InChI is InChI=1S/C15H15BrF5N2OS/c1-25(2)6-5-24-8-23-7-11(15(19,20)21)22-14(23)9-3-4-10(16)13(18)12(9)17/h3-4,7H,5-6,8H2,1-2H3/q+1. The summed E-state index contributed by atoms with van der Waals surface area (Å²) in [7, 11) is 0.122. The quantitative estimate of drug-likeness (QED) is 0.284. The van der Waals surface area contributed by atoms with E-state index in [4.69, 9.17) is 4.74 Å². The maximum absolute atomic E-state index is 14.1. The maximum atomic E-state index is 14.1. The number of alkyl halides is 3. The van der Waals surface area contributed by atoms with Crippen molar-refractivity contribution in [1.82, 2.24) is 9.55 Å². The fourth-order valence-electron chi connectivity index (χ4n) is 1.95. The van der Waals surface area contributed by atoms with Gasteiger partial charge < -0.3 is 9.30 Å². The molecule has 3 nitrogen and oxygen atoms in total. The molecule has 0 saturated carbocycles. The van der Waals surface area contributed by atoms with Crippen molar-refractivity contribution in [2.24, 2.45) is 0 Å². The molecule has 0 fully saturated rings. The fraction of sp³-hybridized carbons (Fsp3) is 0.400. The summed E-state index contributed by atoms with van der Waals surface area (Å²) in [5.74, 6) is -2.07. The van der Waals surface area contributed by atoms with Crippen molar-refractivity contribution in [1.29, 1.82) is 0 Å². The van der Waals surface area contributed by atoms with E-state index < -0.39 is 23.5 Å². The molecular weight excluding hydrogens is 431 g/mol. The number of hydrogen-bond acceptors (Lipinski definition) is 2. The Morgan fingerprint density at radius 1 is 1.20 bits per heavy atom. The van der Waals surface area contributed by atoms with E-state index in [-0.39, 0.29) is 33.5 Å². The second-order valence-electron chi connectivity index (χ2n) is 5.37. The highest BCUT2D eigenvalue weighted by atomic mass is 79.9. The van der Waals surface area contributed by atoms with Crippen LogP contribution in [0.15, 0.2) is 22.8 Å². The SMILES string of the molecule is C[S+](C)CCOCn1cc(C(F)(F)F)nc1-c1ccc(Br)c(F)c1F. The van der Waals surface area contributed by atoms with E-state index >= 15 is 0 Å². The summed E-state index contributed by atoms with van der Waals surface area (Å²) in [6, 6.07) is 2.37. The van der Waals surface area contributed by atoms with Gasteiger partial charge in [-0.15, -0.1) is 0 Å². The van der Waals surface area contributed by atoms with Crippen LogP contribution in [-0.4, -0.2) is 34.4 Å². The topological polar surface area (TPSA) is 27.1 Å². The molecule has 0 bridgehead atoms. The van der Waals surface area contributed by atoms with Crippen molar-refractivity contribution >= 4 is 26.8 Å². The van der Waals surface area contributed by atoms with Gasteiger partial charge >= 0.3 is 6.18 Å². The third-order valence-corrected chi connectivity index (χ3v) is 4.80. The Hall–Kier alpha value is -1.13. The van der Waals surface area contributed by atoms with Gasteiger partial charge in [0.05, 0.1) is 29.2 Å². The minimum absolute atomic E-state index is 0.122. The van der Waals surface area contributed by atoms with Crippen molar-refractivity contribution in [2.75, 3.05) is 24.9 Å². The summed E-state index contributed by atoms with van der Waals surface area (Å²) < 4.78 is 73.0. The van der Waals surface area contributed by atoms with Gasteiger partial charge in [0.15, 0.2) is 17.3 Å². The molecular formula is C15H15BrF5N2OS+. The number of ether oxygens (including phenoxy) is 1. The lowest BCUT2D eigenvalue weighted by molar-refractivity contribution is -0.141. The number of aromatic nitrogens is 2. The average Bonchev–Trinajstić information content (AvgIpc) is 2.93. The van der Waals surface area contributed by atoms with Crippen molar-refractivity contribution in [3.63, 3.8) is 0 Å². The van der Waals surface area contributed by atoms with E-state index in [1.807, 2.05) is 12.5 Å². The number of hydrogen-bond donors (Lipinski definition) is 0. The lowest BCUT2D eigenvalue weighted by Crippen LogP contribution is -2.12. The maximum Gasteiger partial charge on any atom is 0.434 e. The van der Waals surface area contributed by atoms with Gasteiger partial charge in [-0.3, -0.25) is 0 Å². The largest absolute Gasteiger partial charge is 0.434 e. The molecule has 2 rings (SSSR count). The molecule has 0 spiro atoms. The predicted molar refractivity (Wildman–Crippen MR) is 90.3 cm³/mol. The highest BCUT2D eigenvalue weighted by Crippen LogP contribution is 2.33. The van der Waals surface area contributed by atoms with Gasteiger partial charge in [-0.1, -0.05) is 0 Å². The molecule has 0 radical (unpaired) electrons. The molecule has 0 N–H and O–H groups in total. The summed E-state index contributed by atoms with van der Waals surface area (Å²) in [5, 5.41) is 0. The van der Waals surface area contributed by atoms with Crippen LogP contribution in [0.4, 0.5) is 22.0 Å².